The highest BCUT2D eigenvalue weighted by molar-refractivity contribution is 7.99. The molecule has 0 aliphatic rings. The number of nitrogens with zero attached hydrogens (tertiary/aromatic N) is 8. The van der Waals surface area contributed by atoms with Crippen molar-refractivity contribution >= 4 is 58.2 Å². The monoisotopic (exact) mass is 692 g/mol. The second kappa shape index (κ2) is 16.7. The Labute approximate surface area is 281 Å². The van der Waals surface area contributed by atoms with Crippen molar-refractivity contribution in [3.63, 3.8) is 0 Å². The van der Waals surface area contributed by atoms with Crippen LogP contribution in [0.3, 0.4) is 0 Å². The number of hydrogen-bond donors (Lipinski definition) is 0. The molecule has 2 amide bonds. The molecule has 4 aromatic heterocycles. The van der Waals surface area contributed by atoms with Crippen molar-refractivity contribution < 1.29 is 18.4 Å². The van der Waals surface area contributed by atoms with Crippen LogP contribution in [-0.2, 0) is 9.59 Å². The number of allylic oxidation sites excluding steroid dienone is 1. The van der Waals surface area contributed by atoms with Crippen molar-refractivity contribution in [3.05, 3.63) is 82.9 Å². The molecule has 0 aliphatic carbocycles. The fourth-order valence-corrected chi connectivity index (χ4v) is 5.21. The van der Waals surface area contributed by atoms with Crippen LogP contribution in [0.2, 0.25) is 10.3 Å². The molecule has 0 N–H and O–H groups in total. The Kier molecular flexibility index (Phi) is 13.3. The van der Waals surface area contributed by atoms with Crippen LogP contribution in [0.1, 0.15) is 41.5 Å². The smallest absolute Gasteiger partial charge is 0.253 e. The van der Waals surface area contributed by atoms with Gasteiger partial charge < -0.3 is 9.80 Å². The maximum atomic E-state index is 13.3. The van der Waals surface area contributed by atoms with Crippen molar-refractivity contribution in [1.29, 1.82) is 0 Å². The molecule has 0 radical (unpaired) electrons. The van der Waals surface area contributed by atoms with E-state index in [2.05, 4.69) is 20.2 Å². The number of anilines is 2. The van der Waals surface area contributed by atoms with E-state index in [1.807, 2.05) is 34.0 Å². The first-order chi connectivity index (χ1) is 21.9. The summed E-state index contributed by atoms with van der Waals surface area (Å²) in [5.41, 5.74) is 2.46. The van der Waals surface area contributed by atoms with Gasteiger partial charge in [0.25, 0.3) is 5.91 Å². The molecule has 0 spiro atoms. The van der Waals surface area contributed by atoms with Gasteiger partial charge >= 0.3 is 0 Å². The predicted octanol–water partition coefficient (Wildman–Crippen LogP) is 7.18. The van der Waals surface area contributed by atoms with Crippen LogP contribution in [0.15, 0.2) is 61.0 Å². The van der Waals surface area contributed by atoms with E-state index in [1.165, 1.54) is 38.8 Å². The molecule has 4 rings (SSSR count). The van der Waals surface area contributed by atoms with Crippen LogP contribution < -0.4 is 9.80 Å². The fraction of sp³-hybridized carbons (Fsp3) is 0.355. The minimum Gasteiger partial charge on any atom is -0.308 e. The molecule has 0 saturated heterocycles. The van der Waals surface area contributed by atoms with Crippen LogP contribution in [0.5, 0.6) is 0 Å². The van der Waals surface area contributed by atoms with Gasteiger partial charge in [-0.15, -0.1) is 0 Å². The molecular weight excluding hydrogens is 657 g/mol. The zero-order valence-corrected chi connectivity index (χ0v) is 28.9. The maximum Gasteiger partial charge on any atom is 0.253 e. The van der Waals surface area contributed by atoms with Crippen molar-refractivity contribution in [2.45, 2.75) is 46.8 Å². The van der Waals surface area contributed by atoms with E-state index in [9.17, 15) is 18.4 Å². The summed E-state index contributed by atoms with van der Waals surface area (Å²) in [5.74, 6) is -1.26. The lowest BCUT2D eigenvalue weighted by molar-refractivity contribution is -0.121. The van der Waals surface area contributed by atoms with Crippen molar-refractivity contribution in [1.82, 2.24) is 29.5 Å². The molecule has 15 heteroatoms. The summed E-state index contributed by atoms with van der Waals surface area (Å²) >= 11 is 14.0. The van der Waals surface area contributed by atoms with E-state index in [0.29, 0.717) is 41.4 Å². The summed E-state index contributed by atoms with van der Waals surface area (Å²) in [6.07, 6.45) is 12.1. The third-order valence-electron chi connectivity index (χ3n) is 7.17. The first-order valence-electron chi connectivity index (χ1n) is 14.4. The Balaban J connectivity index is 0.000000251. The number of halogens is 4. The third kappa shape index (κ3) is 8.71. The normalized spacial score (nSPS) is 12.6. The molecule has 4 heterocycles. The Bertz CT molecular complexity index is 1700. The van der Waals surface area contributed by atoms with E-state index in [1.54, 1.807) is 49.0 Å². The summed E-state index contributed by atoms with van der Waals surface area (Å²) in [7, 11) is 0. The van der Waals surface area contributed by atoms with Crippen molar-refractivity contribution in [2.24, 2.45) is 5.92 Å². The number of aromatic nitrogens is 6. The summed E-state index contributed by atoms with van der Waals surface area (Å²) in [6.45, 7) is 12.1. The lowest BCUT2D eigenvalue weighted by atomic mass is 10.1. The van der Waals surface area contributed by atoms with E-state index >= 15 is 0 Å². The van der Waals surface area contributed by atoms with Crippen LogP contribution in [0.25, 0.3) is 11.4 Å². The lowest BCUT2D eigenvalue weighted by Crippen LogP contribution is -2.38. The average Bonchev–Trinajstić information content (AvgIpc) is 3.63. The molecule has 10 nitrogen and oxygen atoms in total. The third-order valence-corrected chi connectivity index (χ3v) is 8.86. The second-order valence-corrected chi connectivity index (χ2v) is 12.0. The highest BCUT2D eigenvalue weighted by Crippen LogP contribution is 2.29. The summed E-state index contributed by atoms with van der Waals surface area (Å²) < 4.78 is 29.4. The zero-order valence-electron chi connectivity index (χ0n) is 26.6. The van der Waals surface area contributed by atoms with Gasteiger partial charge in [-0.05, 0) is 34.0 Å². The van der Waals surface area contributed by atoms with Gasteiger partial charge in [0.1, 0.15) is 23.0 Å². The van der Waals surface area contributed by atoms with Crippen LogP contribution in [-0.4, -0.2) is 65.9 Å². The molecule has 0 fully saturated rings. The molecule has 0 aliphatic heterocycles. The van der Waals surface area contributed by atoms with E-state index in [-0.39, 0.29) is 33.3 Å². The first-order valence-corrected chi connectivity index (χ1v) is 16.4. The van der Waals surface area contributed by atoms with Gasteiger partial charge in [-0.25, -0.2) is 18.1 Å². The highest BCUT2D eigenvalue weighted by Gasteiger charge is 2.28. The molecular formula is C31H36Cl2F2N8O2S. The molecule has 0 bridgehead atoms. The Hall–Kier alpha value is -3.81. The van der Waals surface area contributed by atoms with Gasteiger partial charge in [-0.2, -0.15) is 22.0 Å². The lowest BCUT2D eigenvalue weighted by Gasteiger charge is -2.26. The minimum absolute atomic E-state index is 0.0156. The molecule has 2 atom stereocenters. The summed E-state index contributed by atoms with van der Waals surface area (Å²) in [5, 5.41) is 8.84. The largest absolute Gasteiger partial charge is 0.308 e. The Morgan fingerprint density at radius 3 is 1.74 bits per heavy atom. The molecule has 246 valence electrons. The van der Waals surface area contributed by atoms with Crippen molar-refractivity contribution in [2.75, 3.05) is 29.1 Å². The highest BCUT2D eigenvalue weighted by atomic mass is 35.5. The number of likely N-dealkylation sites (N-methyl/N-ethyl adjacent to an activating group) is 1. The van der Waals surface area contributed by atoms with Gasteiger partial charge in [-0.1, -0.05) is 43.1 Å². The van der Waals surface area contributed by atoms with Gasteiger partial charge in [0.05, 0.1) is 48.6 Å². The fourth-order valence-electron chi connectivity index (χ4n) is 4.22. The minimum atomic E-state index is -0.473. The van der Waals surface area contributed by atoms with Crippen LogP contribution >= 0.6 is 35.0 Å². The number of thioether (sulfide) groups is 1. The molecule has 4 aromatic rings. The number of carbonyl (C=O) groups is 2. The second-order valence-electron chi connectivity index (χ2n) is 10.1. The average molecular weight is 694 g/mol. The van der Waals surface area contributed by atoms with Gasteiger partial charge in [-0.3, -0.25) is 19.6 Å². The summed E-state index contributed by atoms with van der Waals surface area (Å²) in [6, 6.07) is 2.59. The predicted molar refractivity (Wildman–Crippen MR) is 180 cm³/mol. The van der Waals surface area contributed by atoms with Gasteiger partial charge in [0.2, 0.25) is 5.91 Å². The van der Waals surface area contributed by atoms with E-state index in [4.69, 9.17) is 23.2 Å². The van der Waals surface area contributed by atoms with E-state index in [0.717, 1.165) is 12.4 Å². The molecule has 2 unspecified atom stereocenters. The zero-order chi connectivity index (χ0) is 34.1. The first kappa shape index (κ1) is 36.7. The van der Waals surface area contributed by atoms with Crippen LogP contribution in [0, 0.1) is 17.6 Å². The Morgan fingerprint density at radius 2 is 1.35 bits per heavy atom. The maximum absolute atomic E-state index is 13.3. The number of amides is 2. The van der Waals surface area contributed by atoms with Gasteiger partial charge in [0.15, 0.2) is 10.3 Å². The SMILES string of the molecule is C/C=C(/C)C(=O)N(CC)c1cn(-c2cncc(F)c2)nc1Cl.CCN(C(=O)C(C)C(C)SC)c1cn(-c2cncc(F)c2)nc1Cl. The number of rotatable bonds is 10. The van der Waals surface area contributed by atoms with Crippen molar-refractivity contribution in [3.8, 4) is 11.4 Å². The van der Waals surface area contributed by atoms with Gasteiger partial charge in [0, 0.05) is 42.0 Å². The molecule has 0 saturated carbocycles. The summed E-state index contributed by atoms with van der Waals surface area (Å²) in [4.78, 5) is 35.8. The van der Waals surface area contributed by atoms with E-state index < -0.39 is 11.6 Å². The Morgan fingerprint density at radius 1 is 0.891 bits per heavy atom. The van der Waals surface area contributed by atoms with Crippen LogP contribution in [0.4, 0.5) is 20.2 Å². The molecule has 46 heavy (non-hydrogen) atoms. The number of carbonyl (C=O) groups excluding carboxylic acids is 2. The quantitative estimate of drug-likeness (QED) is 0.162. The molecule has 0 aromatic carbocycles. The number of pyridine rings is 2. The topological polar surface area (TPSA) is 102 Å². The standard InChI is InChI=1S/C16H20ClFN4OS.C15H16ClFN4O/c1-5-21(16(23)10(2)11(3)24-4)14-9-22(20-15(14)17)13-6-12(18)7-19-8-13;1-4-10(3)15(22)20(5-2)13-9-21(19-14(13)16)12-6-11(17)7-18-8-12/h6-11H,5H2,1-4H3;4,6-9H,5H2,1-3H3/b;10-4-. The number of hydrogen-bond acceptors (Lipinski definition) is 7.